The Kier molecular flexibility index (Phi) is 4.20. The Balaban J connectivity index is 2.07. The first-order valence-corrected chi connectivity index (χ1v) is 6.59. The second-order valence-corrected chi connectivity index (χ2v) is 5.07. The summed E-state index contributed by atoms with van der Waals surface area (Å²) in [6, 6.07) is 7.21. The van der Waals surface area contributed by atoms with Gasteiger partial charge in [-0.25, -0.2) is 0 Å². The van der Waals surface area contributed by atoms with Gasteiger partial charge in [0.1, 0.15) is 5.75 Å². The molecule has 1 aliphatic carbocycles. The third kappa shape index (κ3) is 3.34. The largest absolute Gasteiger partial charge is 0.481 e. The van der Waals surface area contributed by atoms with Crippen LogP contribution in [-0.2, 0) is 9.59 Å². The topological polar surface area (TPSA) is 63.6 Å². The highest BCUT2D eigenvalue weighted by Gasteiger charge is 2.36. The molecule has 4 nitrogen and oxygen atoms in total. The first-order chi connectivity index (χ1) is 9.08. The summed E-state index contributed by atoms with van der Waals surface area (Å²) in [6.07, 6.45) is 2.91. The van der Waals surface area contributed by atoms with E-state index in [1.54, 1.807) is 12.1 Å². The summed E-state index contributed by atoms with van der Waals surface area (Å²) in [5, 5.41) is 9.16. The molecular formula is C15H18O4. The molecule has 0 saturated heterocycles. The van der Waals surface area contributed by atoms with E-state index in [1.807, 2.05) is 19.1 Å². The maximum atomic E-state index is 12.1. The molecule has 0 unspecified atom stereocenters. The van der Waals surface area contributed by atoms with E-state index in [0.29, 0.717) is 18.6 Å². The Morgan fingerprint density at radius 1 is 1.21 bits per heavy atom. The minimum atomic E-state index is -0.897. The summed E-state index contributed by atoms with van der Waals surface area (Å²) >= 11 is 0. The van der Waals surface area contributed by atoms with E-state index >= 15 is 0 Å². The minimum absolute atomic E-state index is 0.419. The van der Waals surface area contributed by atoms with E-state index in [-0.39, 0.29) is 0 Å². The number of aliphatic carboxylic acids is 1. The number of benzene rings is 1. The van der Waals surface area contributed by atoms with Crippen LogP contribution >= 0.6 is 0 Å². The van der Waals surface area contributed by atoms with Gasteiger partial charge < -0.3 is 9.84 Å². The predicted molar refractivity (Wildman–Crippen MR) is 69.9 cm³/mol. The van der Waals surface area contributed by atoms with Crippen LogP contribution in [0.25, 0.3) is 0 Å². The van der Waals surface area contributed by atoms with Gasteiger partial charge in [-0.15, -0.1) is 0 Å². The summed E-state index contributed by atoms with van der Waals surface area (Å²) in [7, 11) is 0. The number of rotatable bonds is 3. The van der Waals surface area contributed by atoms with Crippen LogP contribution in [0.15, 0.2) is 24.3 Å². The summed E-state index contributed by atoms with van der Waals surface area (Å²) in [4.78, 5) is 23.3. The van der Waals surface area contributed by atoms with Crippen LogP contribution in [0, 0.1) is 18.8 Å². The Morgan fingerprint density at radius 3 is 2.53 bits per heavy atom. The van der Waals surface area contributed by atoms with Crippen LogP contribution in [0.2, 0.25) is 0 Å². The van der Waals surface area contributed by atoms with Crippen molar-refractivity contribution < 1.29 is 19.4 Å². The SMILES string of the molecule is Cc1cccc(OC(=O)[C@@H]2CCCC[C@H]2C(=O)O)c1. The molecule has 1 fully saturated rings. The standard InChI is InChI=1S/C15H18O4/c1-10-5-4-6-11(9-10)19-15(18)13-8-3-2-7-12(13)14(16)17/h4-6,9,12-13H,2-3,7-8H2,1H3,(H,16,17)/t12-,13-/m1/s1. The number of carbonyl (C=O) groups is 2. The highest BCUT2D eigenvalue weighted by atomic mass is 16.5. The molecule has 0 amide bonds. The summed E-state index contributed by atoms with van der Waals surface area (Å²) in [5.74, 6) is -1.96. The smallest absolute Gasteiger partial charge is 0.315 e. The molecule has 0 spiro atoms. The van der Waals surface area contributed by atoms with Crippen molar-refractivity contribution in [3.8, 4) is 5.75 Å². The van der Waals surface area contributed by atoms with Gasteiger partial charge in [-0.3, -0.25) is 9.59 Å². The third-order valence-corrected chi connectivity index (χ3v) is 3.59. The normalized spacial score (nSPS) is 22.8. The van der Waals surface area contributed by atoms with Crippen LogP contribution in [0.4, 0.5) is 0 Å². The number of aryl methyl sites for hydroxylation is 1. The Morgan fingerprint density at radius 2 is 1.89 bits per heavy atom. The van der Waals surface area contributed by atoms with Crippen LogP contribution in [-0.4, -0.2) is 17.0 Å². The van der Waals surface area contributed by atoms with Gasteiger partial charge in [0.25, 0.3) is 0 Å². The number of esters is 1. The maximum absolute atomic E-state index is 12.1. The number of carbonyl (C=O) groups excluding carboxylic acids is 1. The van der Waals surface area contributed by atoms with Gasteiger partial charge in [0, 0.05) is 0 Å². The fourth-order valence-corrected chi connectivity index (χ4v) is 2.58. The molecule has 0 radical (unpaired) electrons. The third-order valence-electron chi connectivity index (χ3n) is 3.59. The quantitative estimate of drug-likeness (QED) is 0.672. The first-order valence-electron chi connectivity index (χ1n) is 6.59. The molecule has 102 valence electrons. The lowest BCUT2D eigenvalue weighted by atomic mass is 9.79. The number of ether oxygens (including phenoxy) is 1. The molecule has 2 rings (SSSR count). The molecule has 1 N–H and O–H groups in total. The zero-order valence-electron chi connectivity index (χ0n) is 11.0. The predicted octanol–water partition coefficient (Wildman–Crippen LogP) is 2.79. The van der Waals surface area contributed by atoms with E-state index in [2.05, 4.69) is 0 Å². The molecule has 1 aliphatic rings. The second-order valence-electron chi connectivity index (χ2n) is 5.07. The maximum Gasteiger partial charge on any atom is 0.315 e. The fourth-order valence-electron chi connectivity index (χ4n) is 2.58. The van der Waals surface area contributed by atoms with Crippen LogP contribution in [0.5, 0.6) is 5.75 Å². The zero-order chi connectivity index (χ0) is 13.8. The summed E-state index contributed by atoms with van der Waals surface area (Å²) in [5.41, 5.74) is 1.00. The van der Waals surface area contributed by atoms with Crippen molar-refractivity contribution in [3.05, 3.63) is 29.8 Å². The lowest BCUT2D eigenvalue weighted by Crippen LogP contribution is -2.35. The van der Waals surface area contributed by atoms with Crippen molar-refractivity contribution in [2.45, 2.75) is 32.6 Å². The fraction of sp³-hybridized carbons (Fsp3) is 0.467. The van der Waals surface area contributed by atoms with Gasteiger partial charge in [0.15, 0.2) is 0 Å². The molecule has 4 heteroatoms. The Labute approximate surface area is 112 Å². The summed E-state index contributed by atoms with van der Waals surface area (Å²) < 4.78 is 5.31. The van der Waals surface area contributed by atoms with E-state index in [1.165, 1.54) is 0 Å². The molecular weight excluding hydrogens is 244 g/mol. The monoisotopic (exact) mass is 262 g/mol. The van der Waals surface area contributed by atoms with Gasteiger partial charge in [0.05, 0.1) is 11.8 Å². The lowest BCUT2D eigenvalue weighted by molar-refractivity contribution is -0.154. The van der Waals surface area contributed by atoms with Crippen molar-refractivity contribution >= 4 is 11.9 Å². The molecule has 0 aromatic heterocycles. The minimum Gasteiger partial charge on any atom is -0.481 e. The number of carboxylic acids is 1. The van der Waals surface area contributed by atoms with Crippen molar-refractivity contribution in [1.82, 2.24) is 0 Å². The van der Waals surface area contributed by atoms with E-state index < -0.39 is 23.8 Å². The average Bonchev–Trinajstić information content (AvgIpc) is 2.38. The van der Waals surface area contributed by atoms with Crippen molar-refractivity contribution in [3.63, 3.8) is 0 Å². The Hall–Kier alpha value is -1.84. The first kappa shape index (κ1) is 13.6. The van der Waals surface area contributed by atoms with Crippen LogP contribution in [0.1, 0.15) is 31.2 Å². The Bertz CT molecular complexity index is 481. The van der Waals surface area contributed by atoms with Crippen molar-refractivity contribution in [1.29, 1.82) is 0 Å². The van der Waals surface area contributed by atoms with Crippen molar-refractivity contribution in [2.24, 2.45) is 11.8 Å². The molecule has 1 aromatic rings. The summed E-state index contributed by atoms with van der Waals surface area (Å²) in [6.45, 7) is 1.91. The molecule has 1 aromatic carbocycles. The van der Waals surface area contributed by atoms with E-state index in [9.17, 15) is 9.59 Å². The van der Waals surface area contributed by atoms with E-state index in [0.717, 1.165) is 18.4 Å². The second kappa shape index (κ2) is 5.87. The van der Waals surface area contributed by atoms with Crippen LogP contribution < -0.4 is 4.74 Å². The van der Waals surface area contributed by atoms with Gasteiger partial charge in [-0.1, -0.05) is 25.0 Å². The molecule has 1 saturated carbocycles. The van der Waals surface area contributed by atoms with Gasteiger partial charge in [0.2, 0.25) is 0 Å². The van der Waals surface area contributed by atoms with Gasteiger partial charge in [-0.2, -0.15) is 0 Å². The molecule has 19 heavy (non-hydrogen) atoms. The van der Waals surface area contributed by atoms with Crippen LogP contribution in [0.3, 0.4) is 0 Å². The number of carboxylic acid groups (broad SMARTS) is 1. The lowest BCUT2D eigenvalue weighted by Gasteiger charge is -2.26. The molecule has 0 aliphatic heterocycles. The number of hydrogen-bond acceptors (Lipinski definition) is 3. The highest BCUT2D eigenvalue weighted by Crippen LogP contribution is 2.31. The van der Waals surface area contributed by atoms with Gasteiger partial charge >= 0.3 is 11.9 Å². The van der Waals surface area contributed by atoms with E-state index in [4.69, 9.17) is 9.84 Å². The van der Waals surface area contributed by atoms with Crippen molar-refractivity contribution in [2.75, 3.05) is 0 Å². The van der Waals surface area contributed by atoms with Gasteiger partial charge in [-0.05, 0) is 37.5 Å². The molecule has 0 heterocycles. The highest BCUT2D eigenvalue weighted by molar-refractivity contribution is 5.82. The zero-order valence-corrected chi connectivity index (χ0v) is 11.0. The number of hydrogen-bond donors (Lipinski definition) is 1. The molecule has 0 bridgehead atoms. The molecule has 2 atom stereocenters. The average molecular weight is 262 g/mol.